The standard InChI is InChI=1S/C30H52.3C2H6/c1-8-23(20(2)3)10-9-22(5)26-13-14-27-25-12-11-24-19-21(4)15-17-29(24,6)28(25)16-18-30(26,27)7;3*1-2/h11,20-23,25-28H,8-10,12-19H2,1-7H3;3*1-2H3. The van der Waals surface area contributed by atoms with E-state index in [1.54, 1.807) is 0 Å². The molecule has 4 aliphatic carbocycles. The Morgan fingerprint density at radius 1 is 0.833 bits per heavy atom. The molecule has 0 heteroatoms. The number of fused-ring (bicyclic) bond motifs is 5. The molecule has 0 aromatic rings. The summed E-state index contributed by atoms with van der Waals surface area (Å²) >= 11 is 0. The third-order valence-electron chi connectivity index (χ3n) is 11.6. The minimum absolute atomic E-state index is 0.548. The molecule has 0 amide bonds. The van der Waals surface area contributed by atoms with Gasteiger partial charge in [0.25, 0.3) is 0 Å². The second-order valence-corrected chi connectivity index (χ2v) is 13.3. The van der Waals surface area contributed by atoms with Gasteiger partial charge in [0.2, 0.25) is 0 Å². The maximum atomic E-state index is 2.76. The second kappa shape index (κ2) is 15.4. The molecule has 0 bridgehead atoms. The monoisotopic (exact) mass is 503 g/mol. The lowest BCUT2D eigenvalue weighted by molar-refractivity contribution is -0.0525. The van der Waals surface area contributed by atoms with Gasteiger partial charge in [0.05, 0.1) is 0 Å². The Hall–Kier alpha value is -0.260. The van der Waals surface area contributed by atoms with Crippen molar-refractivity contribution in [2.75, 3.05) is 0 Å². The van der Waals surface area contributed by atoms with Crippen LogP contribution in [0.2, 0.25) is 0 Å². The Bertz CT molecular complexity index is 628. The largest absolute Gasteiger partial charge is 0.0845 e. The molecule has 0 heterocycles. The van der Waals surface area contributed by atoms with Crippen LogP contribution in [0, 0.1) is 58.2 Å². The van der Waals surface area contributed by atoms with E-state index in [4.69, 9.17) is 0 Å². The number of rotatable bonds is 6. The maximum absolute atomic E-state index is 2.76. The van der Waals surface area contributed by atoms with Gasteiger partial charge in [-0.15, -0.1) is 0 Å². The van der Waals surface area contributed by atoms with E-state index >= 15 is 0 Å². The molecule has 36 heavy (non-hydrogen) atoms. The number of hydrogen-bond acceptors (Lipinski definition) is 0. The van der Waals surface area contributed by atoms with Crippen LogP contribution in [0.25, 0.3) is 0 Å². The summed E-state index contributed by atoms with van der Waals surface area (Å²) in [6.07, 6.45) is 18.9. The SMILES string of the molecule is CC.CC.CC.CCC(CCC(C)C1CCC2C3CC=C4CC(C)CCC4(C)C3CCC12C)C(C)C. The van der Waals surface area contributed by atoms with Gasteiger partial charge in [-0.1, -0.05) is 114 Å². The molecule has 3 fully saturated rings. The molecule has 214 valence electrons. The average Bonchev–Trinajstić information content (AvgIpc) is 3.25. The summed E-state index contributed by atoms with van der Waals surface area (Å²) in [5.41, 5.74) is 3.05. The lowest BCUT2D eigenvalue weighted by Gasteiger charge is -2.58. The molecule has 4 aliphatic rings. The predicted molar refractivity (Wildman–Crippen MR) is 165 cm³/mol. The highest BCUT2D eigenvalue weighted by molar-refractivity contribution is 5.25. The van der Waals surface area contributed by atoms with Gasteiger partial charge in [-0.25, -0.2) is 0 Å². The van der Waals surface area contributed by atoms with Crippen LogP contribution in [0.15, 0.2) is 11.6 Å². The van der Waals surface area contributed by atoms with Crippen molar-refractivity contribution < 1.29 is 0 Å². The highest BCUT2D eigenvalue weighted by Crippen LogP contribution is 2.67. The van der Waals surface area contributed by atoms with Crippen LogP contribution in [0.3, 0.4) is 0 Å². The van der Waals surface area contributed by atoms with Crippen LogP contribution < -0.4 is 0 Å². The Morgan fingerprint density at radius 3 is 2.06 bits per heavy atom. The van der Waals surface area contributed by atoms with Gasteiger partial charge in [-0.05, 0) is 116 Å². The zero-order chi connectivity index (χ0) is 27.7. The Kier molecular flexibility index (Phi) is 14.4. The van der Waals surface area contributed by atoms with Gasteiger partial charge in [-0.2, -0.15) is 0 Å². The number of hydrogen-bond donors (Lipinski definition) is 0. The molecule has 0 saturated heterocycles. The van der Waals surface area contributed by atoms with Crippen molar-refractivity contribution >= 4 is 0 Å². The first kappa shape index (κ1) is 33.8. The normalized spacial score (nSPS) is 38.3. The van der Waals surface area contributed by atoms with Crippen molar-refractivity contribution in [3.63, 3.8) is 0 Å². The molecule has 9 atom stereocenters. The molecular weight excluding hydrogens is 432 g/mol. The van der Waals surface area contributed by atoms with Gasteiger partial charge < -0.3 is 0 Å². The summed E-state index contributed by atoms with van der Waals surface area (Å²) in [6, 6.07) is 0. The average molecular weight is 503 g/mol. The van der Waals surface area contributed by atoms with Crippen LogP contribution >= 0.6 is 0 Å². The van der Waals surface area contributed by atoms with Gasteiger partial charge in [0, 0.05) is 0 Å². The quantitative estimate of drug-likeness (QED) is 0.317. The van der Waals surface area contributed by atoms with E-state index in [2.05, 4.69) is 54.5 Å². The van der Waals surface area contributed by atoms with E-state index in [0.29, 0.717) is 10.8 Å². The molecule has 4 rings (SSSR count). The van der Waals surface area contributed by atoms with Crippen molar-refractivity contribution in [2.24, 2.45) is 58.2 Å². The zero-order valence-corrected chi connectivity index (χ0v) is 27.5. The van der Waals surface area contributed by atoms with Crippen molar-refractivity contribution in [1.29, 1.82) is 0 Å². The molecule has 0 N–H and O–H groups in total. The molecule has 0 aliphatic heterocycles. The number of allylic oxidation sites excluding steroid dienone is 2. The van der Waals surface area contributed by atoms with E-state index in [9.17, 15) is 0 Å². The minimum atomic E-state index is 0.548. The lowest BCUT2D eigenvalue weighted by Crippen LogP contribution is -2.50. The minimum Gasteiger partial charge on any atom is -0.0845 e. The molecule has 0 nitrogen and oxygen atoms in total. The second-order valence-electron chi connectivity index (χ2n) is 13.3. The zero-order valence-electron chi connectivity index (χ0n) is 27.5. The van der Waals surface area contributed by atoms with Crippen LogP contribution in [0.1, 0.15) is 161 Å². The Labute approximate surface area is 230 Å². The van der Waals surface area contributed by atoms with Crippen molar-refractivity contribution in [3.05, 3.63) is 11.6 Å². The molecular formula is C36H70. The van der Waals surface area contributed by atoms with Crippen LogP contribution in [-0.4, -0.2) is 0 Å². The summed E-state index contributed by atoms with van der Waals surface area (Å²) in [6.45, 7) is 29.8. The third-order valence-corrected chi connectivity index (χ3v) is 11.6. The molecule has 0 aromatic carbocycles. The molecule has 3 saturated carbocycles. The molecule has 0 spiro atoms. The van der Waals surface area contributed by atoms with Crippen molar-refractivity contribution in [1.82, 2.24) is 0 Å². The first-order chi connectivity index (χ1) is 17.2. The van der Waals surface area contributed by atoms with Crippen LogP contribution in [-0.2, 0) is 0 Å². The van der Waals surface area contributed by atoms with E-state index in [0.717, 1.165) is 47.3 Å². The highest BCUT2D eigenvalue weighted by atomic mass is 14.6. The molecule has 0 aromatic heterocycles. The van der Waals surface area contributed by atoms with Gasteiger partial charge >= 0.3 is 0 Å². The van der Waals surface area contributed by atoms with Crippen LogP contribution in [0.5, 0.6) is 0 Å². The molecule has 0 radical (unpaired) electrons. The summed E-state index contributed by atoms with van der Waals surface area (Å²) in [5.74, 6) is 7.59. The maximum Gasteiger partial charge on any atom is -0.00851 e. The first-order valence-corrected chi connectivity index (χ1v) is 16.9. The molecule has 9 unspecified atom stereocenters. The third kappa shape index (κ3) is 6.84. The van der Waals surface area contributed by atoms with Gasteiger partial charge in [0.1, 0.15) is 0 Å². The van der Waals surface area contributed by atoms with E-state index in [-0.39, 0.29) is 0 Å². The highest BCUT2D eigenvalue weighted by Gasteiger charge is 2.58. The van der Waals surface area contributed by atoms with E-state index in [1.807, 2.05) is 47.1 Å². The Morgan fingerprint density at radius 2 is 1.47 bits per heavy atom. The summed E-state index contributed by atoms with van der Waals surface area (Å²) in [4.78, 5) is 0. The lowest BCUT2D eigenvalue weighted by atomic mass is 9.46. The van der Waals surface area contributed by atoms with E-state index < -0.39 is 0 Å². The first-order valence-electron chi connectivity index (χ1n) is 16.9. The summed E-state index contributed by atoms with van der Waals surface area (Å²) < 4.78 is 0. The fourth-order valence-electron chi connectivity index (χ4n) is 9.51. The summed E-state index contributed by atoms with van der Waals surface area (Å²) in [5, 5.41) is 0. The fourth-order valence-corrected chi connectivity index (χ4v) is 9.51. The summed E-state index contributed by atoms with van der Waals surface area (Å²) in [7, 11) is 0. The van der Waals surface area contributed by atoms with Crippen molar-refractivity contribution in [2.45, 2.75) is 161 Å². The van der Waals surface area contributed by atoms with E-state index in [1.165, 1.54) is 70.6 Å². The van der Waals surface area contributed by atoms with Crippen LogP contribution in [0.4, 0.5) is 0 Å². The van der Waals surface area contributed by atoms with Crippen molar-refractivity contribution in [3.8, 4) is 0 Å². The Balaban J connectivity index is 0.00000101. The van der Waals surface area contributed by atoms with Gasteiger partial charge in [0.15, 0.2) is 0 Å². The van der Waals surface area contributed by atoms with Gasteiger partial charge in [-0.3, -0.25) is 0 Å². The topological polar surface area (TPSA) is 0 Å². The fraction of sp³-hybridized carbons (Fsp3) is 0.944. The predicted octanol–water partition coefficient (Wildman–Crippen LogP) is 12.4. The smallest absolute Gasteiger partial charge is 0.00851 e.